The molecule has 4 nitrogen and oxygen atoms in total. The molecule has 1 N–H and O–H groups in total. The van der Waals surface area contributed by atoms with E-state index in [2.05, 4.69) is 26.2 Å². The van der Waals surface area contributed by atoms with Gasteiger partial charge in [-0.25, -0.2) is 4.98 Å². The van der Waals surface area contributed by atoms with Crippen molar-refractivity contribution in [3.63, 3.8) is 0 Å². The lowest BCUT2D eigenvalue weighted by Crippen LogP contribution is -2.11. The maximum absolute atomic E-state index is 12.2. The molecule has 0 radical (unpaired) electrons. The molecule has 0 fully saturated rings. The molecular formula is C14H11BrN2O2S. The first-order valence-electron chi connectivity index (χ1n) is 5.97. The quantitative estimate of drug-likeness (QED) is 0.739. The molecule has 0 bridgehead atoms. The van der Waals surface area contributed by atoms with Crippen LogP contribution in [0.25, 0.3) is 10.2 Å². The summed E-state index contributed by atoms with van der Waals surface area (Å²) in [4.78, 5) is 16.6. The van der Waals surface area contributed by atoms with Crippen LogP contribution >= 0.6 is 27.3 Å². The van der Waals surface area contributed by atoms with Crippen molar-refractivity contribution >= 4 is 48.5 Å². The SMILES string of the molecule is Cc1cc(C(=O)Nc2nc3ccc(Br)cc3s2)c(C)o1. The lowest BCUT2D eigenvalue weighted by molar-refractivity contribution is 0.102. The lowest BCUT2D eigenvalue weighted by atomic mass is 10.2. The number of hydrogen-bond donors (Lipinski definition) is 1. The van der Waals surface area contributed by atoms with E-state index in [1.54, 1.807) is 13.0 Å². The van der Waals surface area contributed by atoms with Crippen LogP contribution in [-0.2, 0) is 0 Å². The molecule has 0 unspecified atom stereocenters. The Morgan fingerprint density at radius 1 is 1.35 bits per heavy atom. The van der Waals surface area contributed by atoms with E-state index in [-0.39, 0.29) is 5.91 Å². The summed E-state index contributed by atoms with van der Waals surface area (Å²) in [7, 11) is 0. The Morgan fingerprint density at radius 3 is 2.85 bits per heavy atom. The van der Waals surface area contributed by atoms with Gasteiger partial charge in [-0.05, 0) is 38.1 Å². The molecule has 3 rings (SSSR count). The van der Waals surface area contributed by atoms with Gasteiger partial charge in [-0.2, -0.15) is 0 Å². The highest BCUT2D eigenvalue weighted by molar-refractivity contribution is 9.10. The zero-order valence-electron chi connectivity index (χ0n) is 10.9. The standard InChI is InChI=1S/C14H11BrN2O2S/c1-7-5-10(8(2)19-7)13(18)17-14-16-11-4-3-9(15)6-12(11)20-14/h3-6H,1-2H3,(H,16,17,18). The van der Waals surface area contributed by atoms with Crippen LogP contribution in [0.3, 0.4) is 0 Å². The molecule has 3 aromatic rings. The van der Waals surface area contributed by atoms with Gasteiger partial charge in [0.15, 0.2) is 5.13 Å². The summed E-state index contributed by atoms with van der Waals surface area (Å²) in [6, 6.07) is 7.56. The van der Waals surface area contributed by atoms with E-state index in [0.717, 1.165) is 20.4 Å². The van der Waals surface area contributed by atoms with Gasteiger partial charge >= 0.3 is 0 Å². The number of furan rings is 1. The summed E-state index contributed by atoms with van der Waals surface area (Å²) in [5, 5.41) is 3.40. The number of benzene rings is 1. The van der Waals surface area contributed by atoms with Crippen LogP contribution in [0.4, 0.5) is 5.13 Å². The zero-order valence-corrected chi connectivity index (χ0v) is 13.3. The van der Waals surface area contributed by atoms with Gasteiger partial charge in [0, 0.05) is 4.47 Å². The Labute approximate surface area is 127 Å². The molecule has 0 spiro atoms. The smallest absolute Gasteiger partial charge is 0.260 e. The second-order valence-electron chi connectivity index (χ2n) is 4.41. The number of nitrogens with zero attached hydrogens (tertiary/aromatic N) is 1. The number of nitrogens with one attached hydrogen (secondary N) is 1. The van der Waals surface area contributed by atoms with Crippen molar-refractivity contribution in [2.24, 2.45) is 0 Å². The van der Waals surface area contributed by atoms with Gasteiger partial charge in [-0.1, -0.05) is 27.3 Å². The molecule has 20 heavy (non-hydrogen) atoms. The van der Waals surface area contributed by atoms with E-state index in [1.165, 1.54) is 11.3 Å². The zero-order chi connectivity index (χ0) is 14.3. The minimum atomic E-state index is -0.197. The minimum absolute atomic E-state index is 0.197. The van der Waals surface area contributed by atoms with E-state index in [1.807, 2.05) is 25.1 Å². The summed E-state index contributed by atoms with van der Waals surface area (Å²) >= 11 is 4.86. The number of aryl methyl sites for hydroxylation is 2. The third kappa shape index (κ3) is 2.48. The van der Waals surface area contributed by atoms with Crippen LogP contribution in [0.15, 0.2) is 33.2 Å². The molecule has 1 amide bonds. The summed E-state index contributed by atoms with van der Waals surface area (Å²) in [6.45, 7) is 3.59. The molecule has 2 aromatic heterocycles. The first-order valence-corrected chi connectivity index (χ1v) is 7.58. The molecule has 0 aliphatic heterocycles. The summed E-state index contributed by atoms with van der Waals surface area (Å²) < 4.78 is 7.38. The second-order valence-corrected chi connectivity index (χ2v) is 6.36. The molecule has 102 valence electrons. The van der Waals surface area contributed by atoms with Gasteiger partial charge in [0.05, 0.1) is 15.8 Å². The van der Waals surface area contributed by atoms with Gasteiger partial charge < -0.3 is 4.42 Å². The summed E-state index contributed by atoms with van der Waals surface area (Å²) in [5.41, 5.74) is 1.41. The third-order valence-corrected chi connectivity index (χ3v) is 4.28. The number of carbonyl (C=O) groups excluding carboxylic acids is 1. The first-order chi connectivity index (χ1) is 9.52. The lowest BCUT2D eigenvalue weighted by Gasteiger charge is -1.98. The molecule has 0 atom stereocenters. The number of aromatic nitrogens is 1. The second kappa shape index (κ2) is 5.03. The van der Waals surface area contributed by atoms with Gasteiger partial charge in [-0.3, -0.25) is 10.1 Å². The Kier molecular flexibility index (Phi) is 3.35. The summed E-state index contributed by atoms with van der Waals surface area (Å²) in [6.07, 6.45) is 0. The predicted molar refractivity (Wildman–Crippen MR) is 83.5 cm³/mol. The highest BCUT2D eigenvalue weighted by Gasteiger charge is 2.15. The highest BCUT2D eigenvalue weighted by atomic mass is 79.9. The number of halogens is 1. The van der Waals surface area contributed by atoms with E-state index in [4.69, 9.17) is 4.42 Å². The van der Waals surface area contributed by atoms with Crippen LogP contribution in [0.2, 0.25) is 0 Å². The van der Waals surface area contributed by atoms with Crippen LogP contribution in [0.1, 0.15) is 21.9 Å². The van der Waals surface area contributed by atoms with Crippen molar-refractivity contribution < 1.29 is 9.21 Å². The van der Waals surface area contributed by atoms with Crippen LogP contribution in [0, 0.1) is 13.8 Å². The normalized spacial score (nSPS) is 10.9. The van der Waals surface area contributed by atoms with E-state index < -0.39 is 0 Å². The third-order valence-electron chi connectivity index (χ3n) is 2.86. The fourth-order valence-corrected chi connectivity index (χ4v) is 3.39. The predicted octanol–water partition coefficient (Wildman–Crippen LogP) is 4.52. The van der Waals surface area contributed by atoms with E-state index in [0.29, 0.717) is 16.5 Å². The van der Waals surface area contributed by atoms with Crippen LogP contribution < -0.4 is 5.32 Å². The number of thiazole rings is 1. The maximum atomic E-state index is 12.2. The molecule has 2 heterocycles. The van der Waals surface area contributed by atoms with Crippen LogP contribution in [-0.4, -0.2) is 10.9 Å². The minimum Gasteiger partial charge on any atom is -0.466 e. The van der Waals surface area contributed by atoms with Crippen molar-refractivity contribution in [3.05, 3.63) is 45.8 Å². The highest BCUT2D eigenvalue weighted by Crippen LogP contribution is 2.29. The molecule has 0 aliphatic carbocycles. The molecular weight excluding hydrogens is 340 g/mol. The molecule has 6 heteroatoms. The van der Waals surface area contributed by atoms with Crippen molar-refractivity contribution in [3.8, 4) is 0 Å². The Hall–Kier alpha value is -1.66. The fourth-order valence-electron chi connectivity index (χ4n) is 1.97. The average Bonchev–Trinajstić information content (AvgIpc) is 2.91. The molecule has 0 aliphatic rings. The monoisotopic (exact) mass is 350 g/mol. The molecule has 1 aromatic carbocycles. The van der Waals surface area contributed by atoms with Crippen molar-refractivity contribution in [2.45, 2.75) is 13.8 Å². The van der Waals surface area contributed by atoms with E-state index >= 15 is 0 Å². The number of fused-ring (bicyclic) bond motifs is 1. The number of rotatable bonds is 2. The topological polar surface area (TPSA) is 55.1 Å². The van der Waals surface area contributed by atoms with Gasteiger partial charge in [-0.15, -0.1) is 0 Å². The Balaban J connectivity index is 1.89. The van der Waals surface area contributed by atoms with Crippen molar-refractivity contribution in [1.82, 2.24) is 4.98 Å². The molecule has 0 saturated carbocycles. The first kappa shape index (κ1) is 13.3. The Bertz CT molecular complexity index is 807. The van der Waals surface area contributed by atoms with Gasteiger partial charge in [0.2, 0.25) is 0 Å². The fraction of sp³-hybridized carbons (Fsp3) is 0.143. The Morgan fingerprint density at radius 2 is 2.15 bits per heavy atom. The summed E-state index contributed by atoms with van der Waals surface area (Å²) in [5.74, 6) is 1.14. The van der Waals surface area contributed by atoms with Crippen molar-refractivity contribution in [2.75, 3.05) is 5.32 Å². The number of hydrogen-bond acceptors (Lipinski definition) is 4. The van der Waals surface area contributed by atoms with Crippen molar-refractivity contribution in [1.29, 1.82) is 0 Å². The number of anilines is 1. The molecule has 0 saturated heterocycles. The maximum Gasteiger partial charge on any atom is 0.260 e. The average molecular weight is 351 g/mol. The largest absolute Gasteiger partial charge is 0.466 e. The van der Waals surface area contributed by atoms with E-state index in [9.17, 15) is 4.79 Å². The van der Waals surface area contributed by atoms with Crippen LogP contribution in [0.5, 0.6) is 0 Å². The van der Waals surface area contributed by atoms with Gasteiger partial charge in [0.1, 0.15) is 11.5 Å². The van der Waals surface area contributed by atoms with Gasteiger partial charge in [0.25, 0.3) is 5.91 Å². The number of amides is 1. The number of carbonyl (C=O) groups is 1.